The Morgan fingerprint density at radius 2 is 0.582 bits per heavy atom. The second-order valence-electron chi connectivity index (χ2n) is 18.3. The van der Waals surface area contributed by atoms with Crippen LogP contribution in [0.2, 0.25) is 0 Å². The Morgan fingerprint density at radius 1 is 0.313 bits per heavy atom. The number of unbranched alkanes of at least 4 members (excludes halogenated alkanes) is 28. The number of carbonyl (C=O) groups is 3. The molecular weight excluding hydrogens is 829 g/mol. The molecular formula is C61H102O6. The molecule has 6 nitrogen and oxygen atoms in total. The Hall–Kier alpha value is -3.67. The standard InChI is InChI=1S/C61H102O6/c1-4-7-10-13-16-19-22-25-27-29-30-32-33-36-39-42-45-48-51-54-60(63)66-57-58(56-65-59(62)53-50-47-44-41-38-35-24-21-18-15-12-9-6-3)67-61(64)55-52-49-46-43-40-37-34-31-28-26-23-20-17-14-11-8-5-2/h8,11,14,16-17,19-20,22-23,25-26,28,31,34,37,40,58H,4-7,9-10,12-13,15,18,21,24,27,29-30,32-33,35-36,38-39,41-57H2,1-3H3/b11-8-,17-14-,19-16-,23-20-,25-22-,28-26-,34-31+,40-37-. The molecule has 6 heteroatoms. The van der Waals surface area contributed by atoms with Gasteiger partial charge >= 0.3 is 17.9 Å². The van der Waals surface area contributed by atoms with Crippen LogP contribution in [0.1, 0.15) is 252 Å². The number of rotatable bonds is 49. The van der Waals surface area contributed by atoms with E-state index in [9.17, 15) is 14.4 Å². The molecule has 0 aromatic heterocycles. The first-order chi connectivity index (χ1) is 33.0. The van der Waals surface area contributed by atoms with Crippen molar-refractivity contribution in [3.63, 3.8) is 0 Å². The summed E-state index contributed by atoms with van der Waals surface area (Å²) in [5.74, 6) is -0.940. The van der Waals surface area contributed by atoms with E-state index in [0.717, 1.165) is 64.2 Å². The van der Waals surface area contributed by atoms with E-state index in [4.69, 9.17) is 14.2 Å². The molecule has 0 saturated carbocycles. The molecule has 0 aromatic rings. The van der Waals surface area contributed by atoms with E-state index >= 15 is 0 Å². The molecule has 0 aromatic carbocycles. The maximum Gasteiger partial charge on any atom is 0.306 e. The van der Waals surface area contributed by atoms with Crippen LogP contribution in [0.15, 0.2) is 97.2 Å². The predicted octanol–water partition coefficient (Wildman–Crippen LogP) is 18.5. The van der Waals surface area contributed by atoms with Gasteiger partial charge in [-0.1, -0.05) is 266 Å². The van der Waals surface area contributed by atoms with Crippen LogP contribution in [-0.4, -0.2) is 37.2 Å². The van der Waals surface area contributed by atoms with Gasteiger partial charge in [-0.05, 0) is 64.2 Å². The van der Waals surface area contributed by atoms with Crippen molar-refractivity contribution >= 4 is 17.9 Å². The summed E-state index contributed by atoms with van der Waals surface area (Å²) in [4.78, 5) is 38.1. The summed E-state index contributed by atoms with van der Waals surface area (Å²) in [6.07, 6.45) is 72.4. The first-order valence-corrected chi connectivity index (χ1v) is 27.8. The summed E-state index contributed by atoms with van der Waals surface area (Å²) in [7, 11) is 0. The third-order valence-electron chi connectivity index (χ3n) is 11.8. The van der Waals surface area contributed by atoms with Crippen LogP contribution in [0, 0.1) is 0 Å². The fourth-order valence-electron chi connectivity index (χ4n) is 7.58. The Morgan fingerprint density at radius 3 is 0.970 bits per heavy atom. The van der Waals surface area contributed by atoms with Gasteiger partial charge in [0, 0.05) is 19.3 Å². The van der Waals surface area contributed by atoms with Gasteiger partial charge < -0.3 is 14.2 Å². The Labute approximate surface area is 413 Å². The molecule has 0 aliphatic heterocycles. The second-order valence-corrected chi connectivity index (χ2v) is 18.3. The SMILES string of the molecule is CC\C=C/C=C\C=C/C=C\C=C\C=C/CCCCCC(=O)OC(COC(=O)CCCCCCCCCCCC/C=C\C=C/CCCCC)COC(=O)CCCCCCCCCCCCCCC. The lowest BCUT2D eigenvalue weighted by atomic mass is 10.0. The van der Waals surface area contributed by atoms with Gasteiger partial charge in [0.25, 0.3) is 0 Å². The van der Waals surface area contributed by atoms with Gasteiger partial charge in [-0.15, -0.1) is 0 Å². The molecule has 0 aliphatic carbocycles. The highest BCUT2D eigenvalue weighted by atomic mass is 16.6. The predicted molar refractivity (Wildman–Crippen MR) is 288 cm³/mol. The van der Waals surface area contributed by atoms with Crippen molar-refractivity contribution in [3.8, 4) is 0 Å². The summed E-state index contributed by atoms with van der Waals surface area (Å²) in [5.41, 5.74) is 0. The lowest BCUT2D eigenvalue weighted by Crippen LogP contribution is -2.30. The third kappa shape index (κ3) is 53.2. The average Bonchev–Trinajstić information content (AvgIpc) is 3.33. The maximum absolute atomic E-state index is 12.8. The van der Waals surface area contributed by atoms with Crippen molar-refractivity contribution in [1.82, 2.24) is 0 Å². The molecule has 382 valence electrons. The van der Waals surface area contributed by atoms with Crippen molar-refractivity contribution in [3.05, 3.63) is 97.2 Å². The lowest BCUT2D eigenvalue weighted by Gasteiger charge is -2.18. The maximum atomic E-state index is 12.8. The monoisotopic (exact) mass is 931 g/mol. The Bertz CT molecular complexity index is 1350. The molecule has 0 heterocycles. The minimum Gasteiger partial charge on any atom is -0.462 e. The Kier molecular flexibility index (Phi) is 51.9. The molecule has 0 radical (unpaired) electrons. The highest BCUT2D eigenvalue weighted by molar-refractivity contribution is 5.71. The van der Waals surface area contributed by atoms with Gasteiger partial charge in [0.15, 0.2) is 6.10 Å². The van der Waals surface area contributed by atoms with Crippen molar-refractivity contribution in [2.45, 2.75) is 258 Å². The van der Waals surface area contributed by atoms with E-state index in [1.54, 1.807) is 0 Å². The fraction of sp³-hybridized carbons (Fsp3) is 0.689. The number of ether oxygens (including phenoxy) is 3. The average molecular weight is 931 g/mol. The van der Waals surface area contributed by atoms with Gasteiger partial charge in [-0.2, -0.15) is 0 Å². The highest BCUT2D eigenvalue weighted by Crippen LogP contribution is 2.15. The fourth-order valence-corrected chi connectivity index (χ4v) is 7.58. The number of allylic oxidation sites excluding steroid dienone is 16. The summed E-state index contributed by atoms with van der Waals surface area (Å²) >= 11 is 0. The number of hydrogen-bond donors (Lipinski definition) is 0. The molecule has 0 saturated heterocycles. The molecule has 1 unspecified atom stereocenters. The number of hydrogen-bond acceptors (Lipinski definition) is 6. The van der Waals surface area contributed by atoms with Crippen LogP contribution in [-0.2, 0) is 28.6 Å². The first-order valence-electron chi connectivity index (χ1n) is 27.8. The molecule has 0 aliphatic rings. The van der Waals surface area contributed by atoms with Crippen LogP contribution < -0.4 is 0 Å². The van der Waals surface area contributed by atoms with Crippen LogP contribution in [0.25, 0.3) is 0 Å². The third-order valence-corrected chi connectivity index (χ3v) is 11.8. The van der Waals surface area contributed by atoms with Crippen LogP contribution in [0.4, 0.5) is 0 Å². The summed E-state index contributed by atoms with van der Waals surface area (Å²) in [5, 5.41) is 0. The minimum absolute atomic E-state index is 0.0956. The lowest BCUT2D eigenvalue weighted by molar-refractivity contribution is -0.167. The normalized spacial score (nSPS) is 12.8. The van der Waals surface area contributed by atoms with E-state index < -0.39 is 6.10 Å². The van der Waals surface area contributed by atoms with Gasteiger partial charge in [0.1, 0.15) is 13.2 Å². The van der Waals surface area contributed by atoms with Gasteiger partial charge in [0.05, 0.1) is 0 Å². The van der Waals surface area contributed by atoms with E-state index in [1.807, 2.05) is 60.8 Å². The van der Waals surface area contributed by atoms with E-state index in [0.29, 0.717) is 19.3 Å². The number of esters is 3. The van der Waals surface area contributed by atoms with Crippen LogP contribution in [0.3, 0.4) is 0 Å². The number of carbonyl (C=O) groups excluding carboxylic acids is 3. The topological polar surface area (TPSA) is 78.9 Å². The minimum atomic E-state index is -0.801. The molecule has 0 spiro atoms. The zero-order valence-electron chi connectivity index (χ0n) is 43.6. The smallest absolute Gasteiger partial charge is 0.306 e. The zero-order valence-corrected chi connectivity index (χ0v) is 43.6. The van der Waals surface area contributed by atoms with Crippen molar-refractivity contribution in [1.29, 1.82) is 0 Å². The van der Waals surface area contributed by atoms with E-state index in [1.165, 1.54) is 141 Å². The molecule has 0 fully saturated rings. The Balaban J connectivity index is 4.46. The van der Waals surface area contributed by atoms with Crippen molar-refractivity contribution < 1.29 is 28.6 Å². The molecule has 0 rings (SSSR count). The van der Waals surface area contributed by atoms with Gasteiger partial charge in [-0.3, -0.25) is 14.4 Å². The zero-order chi connectivity index (χ0) is 48.6. The quantitative estimate of drug-likeness (QED) is 0.0262. The van der Waals surface area contributed by atoms with Crippen molar-refractivity contribution in [2.75, 3.05) is 13.2 Å². The van der Waals surface area contributed by atoms with Crippen molar-refractivity contribution in [2.24, 2.45) is 0 Å². The van der Waals surface area contributed by atoms with Gasteiger partial charge in [-0.25, -0.2) is 0 Å². The van der Waals surface area contributed by atoms with Crippen LogP contribution in [0.5, 0.6) is 0 Å². The van der Waals surface area contributed by atoms with Crippen LogP contribution >= 0.6 is 0 Å². The molecule has 0 N–H and O–H groups in total. The largest absolute Gasteiger partial charge is 0.462 e. The second kappa shape index (κ2) is 54.9. The van der Waals surface area contributed by atoms with E-state index in [2.05, 4.69) is 57.2 Å². The molecule has 0 bridgehead atoms. The molecule has 67 heavy (non-hydrogen) atoms. The molecule has 1 atom stereocenters. The van der Waals surface area contributed by atoms with Gasteiger partial charge in [0.2, 0.25) is 0 Å². The van der Waals surface area contributed by atoms with E-state index in [-0.39, 0.29) is 37.5 Å². The summed E-state index contributed by atoms with van der Waals surface area (Å²) in [6.45, 7) is 6.43. The summed E-state index contributed by atoms with van der Waals surface area (Å²) < 4.78 is 16.8. The first kappa shape index (κ1) is 63.3. The molecule has 0 amide bonds. The summed E-state index contributed by atoms with van der Waals surface area (Å²) in [6, 6.07) is 0. The highest BCUT2D eigenvalue weighted by Gasteiger charge is 2.19.